The number of rotatable bonds is 12. The fourth-order valence-electron chi connectivity index (χ4n) is 6.28. The summed E-state index contributed by atoms with van der Waals surface area (Å²) in [5, 5.41) is 99.6. The van der Waals surface area contributed by atoms with Crippen LogP contribution in [0.3, 0.4) is 0 Å². The van der Waals surface area contributed by atoms with Crippen LogP contribution in [0, 0.1) is 11.8 Å². The molecule has 1 fully saturated rings. The summed E-state index contributed by atoms with van der Waals surface area (Å²) < 4.78 is 10.9. The summed E-state index contributed by atoms with van der Waals surface area (Å²) in [6.45, 7) is 0. The summed E-state index contributed by atoms with van der Waals surface area (Å²) in [6, 6.07) is 13.6. The number of hydrogen-bond acceptors (Lipinski definition) is 14. The number of esters is 2. The normalized spacial score (nSPS) is 19.1. The summed E-state index contributed by atoms with van der Waals surface area (Å²) in [5.41, 5.74) is 0.410. The van der Waals surface area contributed by atoms with Gasteiger partial charge in [0.05, 0.1) is 11.8 Å². The molecule has 52 heavy (non-hydrogen) atoms. The number of carbonyl (C=O) groups excluding carboxylic acids is 2. The van der Waals surface area contributed by atoms with Crippen molar-refractivity contribution in [1.29, 1.82) is 0 Å². The fourth-order valence-corrected chi connectivity index (χ4v) is 6.28. The lowest BCUT2D eigenvalue weighted by Gasteiger charge is -2.50. The third-order valence-corrected chi connectivity index (χ3v) is 8.85. The molecule has 0 saturated heterocycles. The number of phenolic OH excluding ortho intramolecular Hbond substituents is 8. The minimum atomic E-state index is -1.87. The van der Waals surface area contributed by atoms with E-state index in [0.29, 0.717) is 0 Å². The molecule has 4 aromatic carbocycles. The molecule has 0 spiro atoms. The second-order valence-electron chi connectivity index (χ2n) is 12.2. The molecular weight excluding hydrogens is 688 g/mol. The van der Waals surface area contributed by atoms with Gasteiger partial charge in [-0.2, -0.15) is 0 Å². The Bertz CT molecular complexity index is 1890. The van der Waals surface area contributed by atoms with Crippen molar-refractivity contribution in [2.24, 2.45) is 11.8 Å². The van der Waals surface area contributed by atoms with E-state index < -0.39 is 119 Å². The van der Waals surface area contributed by atoms with Gasteiger partial charge in [-0.15, -0.1) is 0 Å². The van der Waals surface area contributed by atoms with E-state index in [2.05, 4.69) is 0 Å². The van der Waals surface area contributed by atoms with E-state index >= 15 is 0 Å². The van der Waals surface area contributed by atoms with Gasteiger partial charge < -0.3 is 60.5 Å². The Morgan fingerprint density at radius 2 is 0.769 bits per heavy atom. The highest BCUT2D eigenvalue weighted by molar-refractivity contribution is 5.88. The topological polar surface area (TPSA) is 289 Å². The van der Waals surface area contributed by atoms with Gasteiger partial charge in [0, 0.05) is 24.7 Å². The lowest BCUT2D eigenvalue weighted by molar-refractivity contribution is -0.181. The summed E-state index contributed by atoms with van der Waals surface area (Å²) in [7, 11) is 0. The minimum Gasteiger partial charge on any atom is -0.504 e. The molecule has 0 radical (unpaired) electrons. The first-order valence-corrected chi connectivity index (χ1v) is 15.5. The van der Waals surface area contributed by atoms with E-state index in [0.717, 1.165) is 48.5 Å². The Balaban J connectivity index is 1.55. The summed E-state index contributed by atoms with van der Waals surface area (Å²) >= 11 is 0. The molecule has 0 aliphatic heterocycles. The van der Waals surface area contributed by atoms with Crippen molar-refractivity contribution >= 4 is 23.9 Å². The summed E-state index contributed by atoms with van der Waals surface area (Å²) in [4.78, 5) is 52.6. The number of phenols is 8. The average molecular weight is 721 g/mol. The van der Waals surface area contributed by atoms with Crippen molar-refractivity contribution < 1.29 is 79.7 Å². The second-order valence-corrected chi connectivity index (χ2v) is 12.2. The van der Waals surface area contributed by atoms with Crippen LogP contribution in [-0.4, -0.2) is 87.2 Å². The molecule has 0 amide bonds. The van der Waals surface area contributed by atoms with Gasteiger partial charge in [-0.05, 0) is 70.8 Å². The molecule has 1 aliphatic rings. The molecular formula is C36H32O16. The monoisotopic (exact) mass is 720 g/mol. The number of carboxylic acid groups (broad SMARTS) is 2. The van der Waals surface area contributed by atoms with E-state index in [-0.39, 0.29) is 22.3 Å². The van der Waals surface area contributed by atoms with Crippen molar-refractivity contribution in [3.63, 3.8) is 0 Å². The molecule has 4 aromatic rings. The molecule has 16 nitrogen and oxygen atoms in total. The molecule has 0 aromatic heterocycles. The molecule has 16 heteroatoms. The van der Waals surface area contributed by atoms with Crippen molar-refractivity contribution in [2.45, 2.75) is 36.9 Å². The first-order chi connectivity index (χ1) is 24.5. The molecule has 0 heterocycles. The number of benzene rings is 4. The lowest BCUT2D eigenvalue weighted by Crippen LogP contribution is -2.53. The smallest absolute Gasteiger partial charge is 0.345 e. The molecule has 5 rings (SSSR count). The number of ether oxygens (including phenoxy) is 2. The second kappa shape index (κ2) is 14.6. The van der Waals surface area contributed by atoms with Gasteiger partial charge >= 0.3 is 23.9 Å². The van der Waals surface area contributed by atoms with Crippen LogP contribution in [0.1, 0.15) is 34.1 Å². The van der Waals surface area contributed by atoms with Gasteiger partial charge in [-0.3, -0.25) is 9.59 Å². The third kappa shape index (κ3) is 7.50. The van der Waals surface area contributed by atoms with E-state index in [4.69, 9.17) is 9.47 Å². The summed E-state index contributed by atoms with van der Waals surface area (Å²) in [6.07, 6.45) is -4.70. The first-order valence-electron chi connectivity index (χ1n) is 15.5. The van der Waals surface area contributed by atoms with Crippen molar-refractivity contribution in [3.05, 3.63) is 95.1 Å². The van der Waals surface area contributed by atoms with Crippen LogP contribution in [0.5, 0.6) is 46.0 Å². The highest BCUT2D eigenvalue weighted by Crippen LogP contribution is 2.59. The van der Waals surface area contributed by atoms with Gasteiger partial charge in [-0.25, -0.2) is 9.59 Å². The van der Waals surface area contributed by atoms with E-state index in [1.165, 1.54) is 24.3 Å². The Kier molecular flexibility index (Phi) is 10.2. The van der Waals surface area contributed by atoms with Crippen LogP contribution in [0.25, 0.3) is 0 Å². The molecule has 0 bridgehead atoms. The van der Waals surface area contributed by atoms with E-state index in [9.17, 15) is 70.2 Å². The van der Waals surface area contributed by atoms with Crippen LogP contribution >= 0.6 is 0 Å². The lowest BCUT2D eigenvalue weighted by atomic mass is 9.52. The fraction of sp³-hybridized carbons (Fsp3) is 0.222. The maximum Gasteiger partial charge on any atom is 0.345 e. The maximum atomic E-state index is 14.0. The van der Waals surface area contributed by atoms with Crippen LogP contribution < -0.4 is 0 Å². The number of aliphatic carboxylic acids is 2. The molecule has 1 aliphatic carbocycles. The number of aromatic hydroxyl groups is 8. The number of carboxylic acids is 2. The van der Waals surface area contributed by atoms with E-state index in [1.807, 2.05) is 0 Å². The SMILES string of the molecule is O=C(O[C@H](Cc1ccc(O)c(O)c1)C(=O)O)C1C(c2ccc(O)c(O)c2)C(C(=O)O[C@H](Cc2ccc(O)c(O)c2)C(=O)O)C1c1ccc(O)c(O)c1. The Morgan fingerprint density at radius 3 is 1.06 bits per heavy atom. The van der Waals surface area contributed by atoms with Crippen molar-refractivity contribution in [3.8, 4) is 46.0 Å². The Hall–Kier alpha value is -6.84. The maximum absolute atomic E-state index is 14.0. The van der Waals surface area contributed by atoms with Gasteiger partial charge in [0.1, 0.15) is 0 Å². The zero-order valence-corrected chi connectivity index (χ0v) is 26.7. The van der Waals surface area contributed by atoms with Gasteiger partial charge in [-0.1, -0.05) is 24.3 Å². The van der Waals surface area contributed by atoms with Gasteiger partial charge in [0.15, 0.2) is 46.0 Å². The summed E-state index contributed by atoms with van der Waals surface area (Å²) in [5.74, 6) is -15.7. The first kappa shape index (κ1) is 36.4. The van der Waals surface area contributed by atoms with Crippen molar-refractivity contribution in [2.75, 3.05) is 0 Å². The predicted molar refractivity (Wildman–Crippen MR) is 174 cm³/mol. The third-order valence-electron chi connectivity index (χ3n) is 8.85. The Morgan fingerprint density at radius 1 is 0.462 bits per heavy atom. The van der Waals surface area contributed by atoms with Crippen LogP contribution in [-0.2, 0) is 41.5 Å². The Labute approximate surface area is 293 Å². The van der Waals surface area contributed by atoms with E-state index in [1.54, 1.807) is 0 Å². The number of carbonyl (C=O) groups is 4. The average Bonchev–Trinajstić information content (AvgIpc) is 3.06. The number of hydrogen-bond donors (Lipinski definition) is 10. The molecule has 0 unspecified atom stereocenters. The van der Waals surface area contributed by atoms with Crippen LogP contribution in [0.2, 0.25) is 0 Å². The molecule has 272 valence electrons. The zero-order valence-electron chi connectivity index (χ0n) is 26.7. The van der Waals surface area contributed by atoms with Gasteiger partial charge in [0.25, 0.3) is 0 Å². The van der Waals surface area contributed by atoms with Gasteiger partial charge in [0.2, 0.25) is 12.2 Å². The highest BCUT2D eigenvalue weighted by Gasteiger charge is 2.60. The molecule has 1 saturated carbocycles. The molecule has 10 N–H and O–H groups in total. The van der Waals surface area contributed by atoms with Crippen LogP contribution in [0.15, 0.2) is 72.8 Å². The highest BCUT2D eigenvalue weighted by atomic mass is 16.6. The zero-order chi connectivity index (χ0) is 38.0. The minimum absolute atomic E-state index is 0.0455. The standard InChI is InChI=1S/C36H32O16/c37-19-5-1-15(9-23(19)41)11-27(33(45)46)51-35(49)31-29(17-3-7-21(39)25(43)13-17)32(30(31)18-4-8-22(40)26(44)14-18)36(50)52-28(34(47)48)12-16-2-6-20(38)24(42)10-16/h1-10,13-14,27-32,37-44H,11-12H2,(H,45,46)(H,47,48)/t27-,28-,29?,30?,31?,32?/m1/s1. The van der Waals surface area contributed by atoms with Crippen LogP contribution in [0.4, 0.5) is 0 Å². The predicted octanol–water partition coefficient (Wildman–Crippen LogP) is 2.92. The molecule has 2 atom stereocenters. The largest absolute Gasteiger partial charge is 0.504 e. The van der Waals surface area contributed by atoms with Crippen molar-refractivity contribution in [1.82, 2.24) is 0 Å². The quantitative estimate of drug-likeness (QED) is 0.0743.